The van der Waals surface area contributed by atoms with E-state index in [-0.39, 0.29) is 5.69 Å². The zero-order chi connectivity index (χ0) is 14.5. The maximum absolute atomic E-state index is 11.3. The number of methoxy groups -OCH3 is 1. The van der Waals surface area contributed by atoms with Gasteiger partial charge in [-0.25, -0.2) is 0 Å². The van der Waals surface area contributed by atoms with Gasteiger partial charge in [0.25, 0.3) is 5.91 Å². The van der Waals surface area contributed by atoms with Gasteiger partial charge in [-0.3, -0.25) is 9.78 Å². The Hall–Kier alpha value is -2.40. The van der Waals surface area contributed by atoms with Gasteiger partial charge in [0, 0.05) is 24.4 Å². The van der Waals surface area contributed by atoms with Crippen molar-refractivity contribution in [2.45, 2.75) is 13.2 Å². The van der Waals surface area contributed by atoms with E-state index in [0.717, 1.165) is 5.56 Å². The van der Waals surface area contributed by atoms with E-state index in [9.17, 15) is 4.79 Å². The van der Waals surface area contributed by atoms with Gasteiger partial charge in [-0.15, -0.1) is 0 Å². The molecule has 1 aromatic carbocycles. The number of nitrogens with two attached hydrogens (primary N) is 1. The van der Waals surface area contributed by atoms with Gasteiger partial charge < -0.3 is 15.2 Å². The minimum absolute atomic E-state index is 0.199. The molecular weight excluding hydrogens is 256 g/mol. The van der Waals surface area contributed by atoms with Crippen LogP contribution in [0.1, 0.15) is 27.9 Å². The second-order valence-corrected chi connectivity index (χ2v) is 4.24. The van der Waals surface area contributed by atoms with Crippen LogP contribution >= 0.6 is 0 Å². The smallest absolute Gasteiger partial charge is 0.267 e. The van der Waals surface area contributed by atoms with Crippen LogP contribution in [0.25, 0.3) is 0 Å². The minimum Gasteiger partial charge on any atom is -0.460 e. The van der Waals surface area contributed by atoms with Crippen LogP contribution in [-0.2, 0) is 4.74 Å². The summed E-state index contributed by atoms with van der Waals surface area (Å²) in [6.07, 6.45) is 0.929. The molecule has 0 saturated heterocycles. The zero-order valence-electron chi connectivity index (χ0n) is 11.4. The monoisotopic (exact) mass is 272 g/mol. The van der Waals surface area contributed by atoms with Gasteiger partial charge in [0.2, 0.25) is 6.29 Å². The molecule has 20 heavy (non-hydrogen) atoms. The first kappa shape index (κ1) is 14.0. The van der Waals surface area contributed by atoms with Crippen LogP contribution < -0.4 is 10.5 Å². The minimum atomic E-state index is -0.582. The van der Waals surface area contributed by atoms with Crippen molar-refractivity contribution in [3.8, 4) is 5.75 Å². The second kappa shape index (κ2) is 6.16. The van der Waals surface area contributed by atoms with Crippen molar-refractivity contribution in [1.29, 1.82) is 0 Å². The number of carbonyl (C=O) groups excluding carboxylic acids is 1. The Morgan fingerprint density at radius 3 is 2.55 bits per heavy atom. The topological polar surface area (TPSA) is 74.4 Å². The number of primary amides is 1. The molecule has 1 unspecified atom stereocenters. The SMILES string of the molecule is COC(Oc1ccnc(C(N)=O)c1C)c1ccccc1. The lowest BCUT2D eigenvalue weighted by Crippen LogP contribution is -2.16. The molecule has 0 aliphatic rings. The van der Waals surface area contributed by atoms with Crippen LogP contribution in [0.15, 0.2) is 42.6 Å². The summed E-state index contributed by atoms with van der Waals surface area (Å²) in [5.74, 6) is -0.0638. The summed E-state index contributed by atoms with van der Waals surface area (Å²) in [5.41, 5.74) is 6.95. The third-order valence-electron chi connectivity index (χ3n) is 2.91. The predicted molar refractivity (Wildman–Crippen MR) is 74.3 cm³/mol. The first-order chi connectivity index (χ1) is 9.63. The number of ether oxygens (including phenoxy) is 2. The summed E-state index contributed by atoms with van der Waals surface area (Å²) >= 11 is 0. The molecule has 0 fully saturated rings. The Labute approximate surface area is 117 Å². The van der Waals surface area contributed by atoms with Gasteiger partial charge in [-0.1, -0.05) is 30.3 Å². The molecular formula is C15H16N2O3. The molecule has 5 heteroatoms. The highest BCUT2D eigenvalue weighted by atomic mass is 16.7. The summed E-state index contributed by atoms with van der Waals surface area (Å²) in [7, 11) is 1.56. The summed E-state index contributed by atoms with van der Waals surface area (Å²) < 4.78 is 11.1. The molecule has 0 spiro atoms. The lowest BCUT2D eigenvalue weighted by molar-refractivity contribution is -0.0567. The van der Waals surface area contributed by atoms with E-state index in [1.807, 2.05) is 30.3 Å². The number of aromatic nitrogens is 1. The number of carbonyl (C=O) groups is 1. The standard InChI is InChI=1S/C15H16N2O3/c1-10-12(8-9-17-13(10)14(16)18)20-15(19-2)11-6-4-3-5-7-11/h3-9,15H,1-2H3,(H2,16,18). The quantitative estimate of drug-likeness (QED) is 0.847. The van der Waals surface area contributed by atoms with E-state index in [4.69, 9.17) is 15.2 Å². The van der Waals surface area contributed by atoms with Crippen LogP contribution in [0.2, 0.25) is 0 Å². The molecule has 0 bridgehead atoms. The number of nitrogens with zero attached hydrogens (tertiary/aromatic N) is 1. The fourth-order valence-electron chi connectivity index (χ4n) is 1.87. The van der Waals surface area contributed by atoms with Crippen molar-refractivity contribution in [2.75, 3.05) is 7.11 Å². The maximum Gasteiger partial charge on any atom is 0.267 e. The van der Waals surface area contributed by atoms with Gasteiger partial charge in [0.1, 0.15) is 11.4 Å². The van der Waals surface area contributed by atoms with Crippen molar-refractivity contribution in [1.82, 2.24) is 4.98 Å². The van der Waals surface area contributed by atoms with E-state index < -0.39 is 12.2 Å². The van der Waals surface area contributed by atoms with Gasteiger partial charge in [-0.2, -0.15) is 0 Å². The Bertz CT molecular complexity index is 599. The first-order valence-corrected chi connectivity index (χ1v) is 6.13. The average molecular weight is 272 g/mol. The third-order valence-corrected chi connectivity index (χ3v) is 2.91. The lowest BCUT2D eigenvalue weighted by Gasteiger charge is -2.19. The number of amides is 1. The van der Waals surface area contributed by atoms with Crippen molar-refractivity contribution in [3.05, 3.63) is 59.4 Å². The van der Waals surface area contributed by atoms with Crippen LogP contribution in [0, 0.1) is 6.92 Å². The Balaban J connectivity index is 2.29. The molecule has 104 valence electrons. The molecule has 1 atom stereocenters. The largest absolute Gasteiger partial charge is 0.460 e. The molecule has 1 heterocycles. The average Bonchev–Trinajstić information content (AvgIpc) is 2.47. The number of rotatable bonds is 5. The van der Waals surface area contributed by atoms with Crippen LogP contribution in [0.3, 0.4) is 0 Å². The van der Waals surface area contributed by atoms with Gasteiger partial charge >= 0.3 is 0 Å². The molecule has 0 radical (unpaired) electrons. The summed E-state index contributed by atoms with van der Waals surface area (Å²) in [6, 6.07) is 11.2. The maximum atomic E-state index is 11.3. The molecule has 2 rings (SSSR count). The van der Waals surface area contributed by atoms with E-state index >= 15 is 0 Å². The van der Waals surface area contributed by atoms with E-state index in [1.165, 1.54) is 6.20 Å². The van der Waals surface area contributed by atoms with Crippen LogP contribution in [0.5, 0.6) is 5.75 Å². The summed E-state index contributed by atoms with van der Waals surface area (Å²) in [4.78, 5) is 15.2. The molecule has 1 amide bonds. The zero-order valence-corrected chi connectivity index (χ0v) is 11.4. The van der Waals surface area contributed by atoms with Crippen LogP contribution in [0.4, 0.5) is 0 Å². The number of hydrogen-bond acceptors (Lipinski definition) is 4. The number of benzene rings is 1. The third kappa shape index (κ3) is 2.95. The van der Waals surface area contributed by atoms with E-state index in [2.05, 4.69) is 4.98 Å². The first-order valence-electron chi connectivity index (χ1n) is 6.13. The fourth-order valence-corrected chi connectivity index (χ4v) is 1.87. The summed E-state index contributed by atoms with van der Waals surface area (Å²) in [5, 5.41) is 0. The van der Waals surface area contributed by atoms with Crippen LogP contribution in [-0.4, -0.2) is 18.0 Å². The van der Waals surface area contributed by atoms with Crippen molar-refractivity contribution in [3.63, 3.8) is 0 Å². The molecule has 0 saturated carbocycles. The molecule has 0 aliphatic heterocycles. The van der Waals surface area contributed by atoms with Crippen molar-refractivity contribution < 1.29 is 14.3 Å². The second-order valence-electron chi connectivity index (χ2n) is 4.24. The van der Waals surface area contributed by atoms with Crippen molar-refractivity contribution in [2.24, 2.45) is 5.73 Å². The number of pyridine rings is 1. The molecule has 5 nitrogen and oxygen atoms in total. The highest BCUT2D eigenvalue weighted by Gasteiger charge is 2.16. The lowest BCUT2D eigenvalue weighted by atomic mass is 10.2. The molecule has 2 aromatic rings. The van der Waals surface area contributed by atoms with Gasteiger partial charge in [0.15, 0.2) is 0 Å². The Morgan fingerprint density at radius 2 is 1.95 bits per heavy atom. The summed E-state index contributed by atoms with van der Waals surface area (Å²) in [6.45, 7) is 1.74. The normalized spacial score (nSPS) is 11.9. The van der Waals surface area contributed by atoms with Crippen molar-refractivity contribution >= 4 is 5.91 Å². The molecule has 0 aliphatic carbocycles. The molecule has 1 aromatic heterocycles. The molecule has 2 N–H and O–H groups in total. The highest BCUT2D eigenvalue weighted by Crippen LogP contribution is 2.26. The number of hydrogen-bond donors (Lipinski definition) is 1. The predicted octanol–water partition coefficient (Wildman–Crippen LogP) is 2.21. The van der Waals surface area contributed by atoms with Gasteiger partial charge in [-0.05, 0) is 13.0 Å². The fraction of sp³-hybridized carbons (Fsp3) is 0.200. The Kier molecular flexibility index (Phi) is 4.32. The van der Waals surface area contributed by atoms with E-state index in [0.29, 0.717) is 11.3 Å². The Morgan fingerprint density at radius 1 is 1.25 bits per heavy atom. The van der Waals surface area contributed by atoms with Gasteiger partial charge in [0.05, 0.1) is 0 Å². The van der Waals surface area contributed by atoms with E-state index in [1.54, 1.807) is 20.1 Å². The highest BCUT2D eigenvalue weighted by molar-refractivity contribution is 5.92.